The molecule has 0 rings (SSSR count). The van der Waals surface area contributed by atoms with Crippen LogP contribution in [0.2, 0.25) is 0 Å². The molecule has 0 aliphatic heterocycles. The second-order valence-corrected chi connectivity index (χ2v) is 8.60. The number of hydrogen-bond acceptors (Lipinski definition) is 4. The lowest BCUT2D eigenvalue weighted by Crippen LogP contribution is -2.23. The highest BCUT2D eigenvalue weighted by molar-refractivity contribution is 7.86. The first-order valence-corrected chi connectivity index (χ1v) is 11.7. The summed E-state index contributed by atoms with van der Waals surface area (Å²) in [5.41, 5.74) is -1.49. The molecule has 0 bridgehead atoms. The number of rotatable bonds is 17. The Labute approximate surface area is 160 Å². The Morgan fingerprint density at radius 3 is 1.85 bits per heavy atom. The number of carbonyl (C=O) groups excluding carboxylic acids is 1. The van der Waals surface area contributed by atoms with E-state index in [0.717, 1.165) is 39.0 Å². The first-order chi connectivity index (χ1) is 12.4. The molecular formula is C20H38O5S. The van der Waals surface area contributed by atoms with Crippen LogP contribution in [0.3, 0.4) is 0 Å². The summed E-state index contributed by atoms with van der Waals surface area (Å²) in [6.45, 7) is 3.39. The van der Waals surface area contributed by atoms with Crippen LogP contribution in [0, 0.1) is 0 Å². The number of allylic oxidation sites excluding steroid dienone is 2. The van der Waals surface area contributed by atoms with Gasteiger partial charge in [-0.15, -0.1) is 0 Å². The van der Waals surface area contributed by atoms with Gasteiger partial charge in [0.25, 0.3) is 0 Å². The third kappa shape index (κ3) is 16.6. The molecule has 6 heteroatoms. The highest BCUT2D eigenvalue weighted by Gasteiger charge is 2.21. The third-order valence-corrected chi connectivity index (χ3v) is 5.29. The van der Waals surface area contributed by atoms with E-state index in [9.17, 15) is 13.2 Å². The van der Waals surface area contributed by atoms with Crippen molar-refractivity contribution >= 4 is 16.1 Å². The predicted molar refractivity (Wildman–Crippen MR) is 107 cm³/mol. The molecule has 0 spiro atoms. The van der Waals surface area contributed by atoms with E-state index in [2.05, 4.69) is 23.8 Å². The van der Waals surface area contributed by atoms with E-state index >= 15 is 0 Å². The van der Waals surface area contributed by atoms with Crippen molar-refractivity contribution in [3.8, 4) is 0 Å². The van der Waals surface area contributed by atoms with Crippen LogP contribution in [0.4, 0.5) is 0 Å². The normalized spacial score (nSPS) is 13.2. The van der Waals surface area contributed by atoms with E-state index in [4.69, 9.17) is 4.55 Å². The molecule has 0 amide bonds. The van der Waals surface area contributed by atoms with E-state index in [1.165, 1.54) is 44.9 Å². The highest BCUT2D eigenvalue weighted by Crippen LogP contribution is 2.11. The maximum absolute atomic E-state index is 11.4. The molecule has 1 N–H and O–H groups in total. The van der Waals surface area contributed by atoms with Crippen LogP contribution in [0.5, 0.6) is 0 Å². The van der Waals surface area contributed by atoms with E-state index < -0.39 is 21.5 Å². The van der Waals surface area contributed by atoms with Gasteiger partial charge in [0.15, 0.2) is 0 Å². The van der Waals surface area contributed by atoms with Crippen molar-refractivity contribution in [3.63, 3.8) is 0 Å². The van der Waals surface area contributed by atoms with Gasteiger partial charge in [0, 0.05) is 6.42 Å². The monoisotopic (exact) mass is 390 g/mol. The zero-order valence-electron chi connectivity index (χ0n) is 16.6. The van der Waals surface area contributed by atoms with Gasteiger partial charge in [-0.1, -0.05) is 70.4 Å². The molecule has 0 heterocycles. The van der Waals surface area contributed by atoms with Crippen LogP contribution < -0.4 is 0 Å². The maximum atomic E-state index is 11.4. The fourth-order valence-electron chi connectivity index (χ4n) is 2.64. The van der Waals surface area contributed by atoms with Gasteiger partial charge >= 0.3 is 16.1 Å². The van der Waals surface area contributed by atoms with Crippen LogP contribution in [0.25, 0.3) is 0 Å². The van der Waals surface area contributed by atoms with Gasteiger partial charge in [-0.2, -0.15) is 8.42 Å². The standard InChI is InChI=1S/C20H38O5S/c1-3-4-5-6-7-8-9-10-11-12-13-14-15-16-17-18-20(21)25-19(2)26(22,23)24/h10-11,19H,3-9,12-18H2,1-2H3,(H,22,23,24)/b11-10-. The molecule has 0 aliphatic rings. The number of unbranched alkanes of at least 4 members (excludes halogenated alkanes) is 11. The molecule has 26 heavy (non-hydrogen) atoms. The predicted octanol–water partition coefficient (Wildman–Crippen LogP) is 5.80. The summed E-state index contributed by atoms with van der Waals surface area (Å²) in [6, 6.07) is 0. The molecule has 0 aromatic carbocycles. The number of ether oxygens (including phenoxy) is 1. The molecule has 0 aromatic heterocycles. The summed E-state index contributed by atoms with van der Waals surface area (Å²) < 4.78 is 34.9. The van der Waals surface area contributed by atoms with Crippen LogP contribution in [-0.2, 0) is 19.6 Å². The summed E-state index contributed by atoms with van der Waals surface area (Å²) in [5, 5.41) is 0. The number of esters is 1. The van der Waals surface area contributed by atoms with Gasteiger partial charge in [-0.25, -0.2) is 0 Å². The van der Waals surface area contributed by atoms with Crippen LogP contribution >= 0.6 is 0 Å². The van der Waals surface area contributed by atoms with E-state index in [1.54, 1.807) is 0 Å². The Morgan fingerprint density at radius 1 is 0.885 bits per heavy atom. The van der Waals surface area contributed by atoms with Crippen molar-refractivity contribution in [2.75, 3.05) is 0 Å². The second kappa shape index (κ2) is 16.3. The largest absolute Gasteiger partial charge is 0.444 e. The maximum Gasteiger partial charge on any atom is 0.307 e. The summed E-state index contributed by atoms with van der Waals surface area (Å²) >= 11 is 0. The summed E-state index contributed by atoms with van der Waals surface area (Å²) in [7, 11) is -4.31. The molecule has 0 aliphatic carbocycles. The molecule has 1 unspecified atom stereocenters. The number of hydrogen-bond donors (Lipinski definition) is 1. The zero-order valence-corrected chi connectivity index (χ0v) is 17.4. The molecule has 154 valence electrons. The van der Waals surface area contributed by atoms with Gasteiger partial charge in [0.05, 0.1) is 0 Å². The van der Waals surface area contributed by atoms with Gasteiger partial charge in [0.1, 0.15) is 0 Å². The van der Waals surface area contributed by atoms with Crippen molar-refractivity contribution in [2.45, 2.75) is 109 Å². The summed E-state index contributed by atoms with van der Waals surface area (Å²) in [6.07, 6.45) is 20.1. The van der Waals surface area contributed by atoms with Gasteiger partial charge in [-0.3, -0.25) is 9.35 Å². The van der Waals surface area contributed by atoms with Crippen LogP contribution in [0.1, 0.15) is 104 Å². The minimum absolute atomic E-state index is 0.192. The first kappa shape index (κ1) is 25.1. The fraction of sp³-hybridized carbons (Fsp3) is 0.850. The Bertz CT molecular complexity index is 471. The minimum Gasteiger partial charge on any atom is -0.444 e. The second-order valence-electron chi connectivity index (χ2n) is 6.91. The first-order valence-electron chi connectivity index (χ1n) is 10.2. The van der Waals surface area contributed by atoms with E-state index in [-0.39, 0.29) is 6.42 Å². The lowest BCUT2D eigenvalue weighted by atomic mass is 10.1. The molecule has 0 saturated carbocycles. The minimum atomic E-state index is -4.31. The Morgan fingerprint density at radius 2 is 1.35 bits per heavy atom. The Kier molecular flexibility index (Phi) is 15.8. The molecule has 5 nitrogen and oxygen atoms in total. The van der Waals surface area contributed by atoms with Crippen LogP contribution in [-0.4, -0.2) is 24.4 Å². The smallest absolute Gasteiger partial charge is 0.307 e. The zero-order chi connectivity index (χ0) is 19.7. The van der Waals surface area contributed by atoms with Crippen molar-refractivity contribution in [3.05, 3.63) is 12.2 Å². The van der Waals surface area contributed by atoms with Crippen molar-refractivity contribution in [2.24, 2.45) is 0 Å². The van der Waals surface area contributed by atoms with Gasteiger partial charge in [-0.05, 0) is 39.0 Å². The Hall–Kier alpha value is -0.880. The van der Waals surface area contributed by atoms with Crippen molar-refractivity contribution in [1.29, 1.82) is 0 Å². The van der Waals surface area contributed by atoms with Crippen molar-refractivity contribution < 1.29 is 22.5 Å². The summed E-state index contributed by atoms with van der Waals surface area (Å²) in [4.78, 5) is 11.4. The molecular weight excluding hydrogens is 352 g/mol. The average molecular weight is 391 g/mol. The topological polar surface area (TPSA) is 80.7 Å². The summed E-state index contributed by atoms with van der Waals surface area (Å²) in [5.74, 6) is -0.576. The SMILES string of the molecule is CCCCCCCC/C=C\CCCCCCCC(=O)OC(C)S(=O)(=O)O. The van der Waals surface area contributed by atoms with E-state index in [1.807, 2.05) is 0 Å². The average Bonchev–Trinajstić information content (AvgIpc) is 2.57. The van der Waals surface area contributed by atoms with Crippen LogP contribution in [0.15, 0.2) is 12.2 Å². The fourth-order valence-corrected chi connectivity index (χ4v) is 2.87. The molecule has 0 saturated heterocycles. The lowest BCUT2D eigenvalue weighted by molar-refractivity contribution is -0.145. The van der Waals surface area contributed by atoms with Crippen molar-refractivity contribution in [1.82, 2.24) is 0 Å². The molecule has 0 fully saturated rings. The highest BCUT2D eigenvalue weighted by atomic mass is 32.2. The van der Waals surface area contributed by atoms with Gasteiger partial charge in [0.2, 0.25) is 5.44 Å². The van der Waals surface area contributed by atoms with E-state index in [0.29, 0.717) is 6.42 Å². The Balaban J connectivity index is 3.38. The quantitative estimate of drug-likeness (QED) is 0.147. The number of carbonyl (C=O) groups is 1. The molecule has 0 aromatic rings. The lowest BCUT2D eigenvalue weighted by Gasteiger charge is -2.09. The molecule has 0 radical (unpaired) electrons. The molecule has 1 atom stereocenters. The van der Waals surface area contributed by atoms with Gasteiger partial charge < -0.3 is 4.74 Å². The third-order valence-electron chi connectivity index (χ3n) is 4.36.